The first-order valence-corrected chi connectivity index (χ1v) is 10.7. The third-order valence-corrected chi connectivity index (χ3v) is 6.12. The van der Waals surface area contributed by atoms with Gasteiger partial charge in [0.05, 0.1) is 17.5 Å². The summed E-state index contributed by atoms with van der Waals surface area (Å²) in [4.78, 5) is 12.1. The van der Waals surface area contributed by atoms with Crippen LogP contribution < -0.4 is 5.32 Å². The minimum Gasteiger partial charge on any atom is -0.350 e. The molecule has 0 heterocycles. The molecule has 0 aliphatic carbocycles. The zero-order valence-electron chi connectivity index (χ0n) is 15.6. The van der Waals surface area contributed by atoms with Crippen LogP contribution in [0.4, 0.5) is 0 Å². The van der Waals surface area contributed by atoms with Crippen molar-refractivity contribution >= 4 is 15.7 Å². The van der Waals surface area contributed by atoms with Gasteiger partial charge in [0.2, 0.25) is 5.91 Å². The second-order valence-electron chi connectivity index (χ2n) is 7.04. The lowest BCUT2D eigenvalue weighted by atomic mass is 10.0. The molecule has 0 bridgehead atoms. The van der Waals surface area contributed by atoms with Crippen molar-refractivity contribution in [3.8, 4) is 11.1 Å². The first-order chi connectivity index (χ1) is 12.3. The predicted octanol–water partition coefficient (Wildman–Crippen LogP) is 3.99. The van der Waals surface area contributed by atoms with E-state index in [9.17, 15) is 13.2 Å². The Morgan fingerprint density at radius 1 is 0.923 bits per heavy atom. The number of rotatable bonds is 8. The van der Waals surface area contributed by atoms with Gasteiger partial charge < -0.3 is 5.32 Å². The summed E-state index contributed by atoms with van der Waals surface area (Å²) in [5.41, 5.74) is 3.25. The number of nitrogens with one attached hydrogen (secondary N) is 1. The number of carbonyl (C=O) groups is 1. The van der Waals surface area contributed by atoms with Crippen molar-refractivity contribution in [3.05, 3.63) is 60.2 Å². The second kappa shape index (κ2) is 8.99. The summed E-state index contributed by atoms with van der Waals surface area (Å²) in [6.45, 7) is 5.62. The summed E-state index contributed by atoms with van der Waals surface area (Å²) < 4.78 is 23.8. The SMILES string of the molecule is CC(C)CS(=O)(=O)CCC(=O)NC(C)c1ccc(-c2ccccc2)cc1. The van der Waals surface area contributed by atoms with E-state index in [2.05, 4.69) is 17.4 Å². The largest absolute Gasteiger partial charge is 0.350 e. The van der Waals surface area contributed by atoms with Crippen LogP contribution in [0, 0.1) is 5.92 Å². The molecule has 0 radical (unpaired) electrons. The third kappa shape index (κ3) is 6.30. The maximum Gasteiger partial charge on any atom is 0.221 e. The monoisotopic (exact) mass is 373 g/mol. The molecule has 2 aromatic rings. The van der Waals surface area contributed by atoms with Gasteiger partial charge in [0, 0.05) is 6.42 Å². The van der Waals surface area contributed by atoms with E-state index < -0.39 is 9.84 Å². The minimum atomic E-state index is -3.17. The molecule has 0 aliphatic heterocycles. The number of hydrogen-bond donors (Lipinski definition) is 1. The Morgan fingerprint density at radius 2 is 1.50 bits per heavy atom. The molecule has 0 fully saturated rings. The van der Waals surface area contributed by atoms with Gasteiger partial charge in [-0.05, 0) is 29.5 Å². The van der Waals surface area contributed by atoms with E-state index in [1.54, 1.807) is 0 Å². The molecule has 2 aromatic carbocycles. The highest BCUT2D eigenvalue weighted by Crippen LogP contribution is 2.21. The second-order valence-corrected chi connectivity index (χ2v) is 9.26. The maximum absolute atomic E-state index is 12.1. The zero-order valence-corrected chi connectivity index (χ0v) is 16.4. The number of carbonyl (C=O) groups excluding carboxylic acids is 1. The zero-order chi connectivity index (χ0) is 19.2. The topological polar surface area (TPSA) is 63.2 Å². The van der Waals surface area contributed by atoms with Crippen LogP contribution in [-0.4, -0.2) is 25.8 Å². The molecule has 26 heavy (non-hydrogen) atoms. The molecular weight excluding hydrogens is 346 g/mol. The molecule has 0 saturated carbocycles. The highest BCUT2D eigenvalue weighted by molar-refractivity contribution is 7.91. The Kier molecular flexibility index (Phi) is 6.98. The summed E-state index contributed by atoms with van der Waals surface area (Å²) in [7, 11) is -3.17. The number of amides is 1. The lowest BCUT2D eigenvalue weighted by Gasteiger charge is -2.15. The number of sulfone groups is 1. The van der Waals surface area contributed by atoms with Crippen LogP contribution in [0.1, 0.15) is 38.8 Å². The van der Waals surface area contributed by atoms with Gasteiger partial charge in [-0.2, -0.15) is 0 Å². The van der Waals surface area contributed by atoms with Crippen LogP contribution in [0.2, 0.25) is 0 Å². The molecule has 5 heteroatoms. The first kappa shape index (κ1) is 20.2. The van der Waals surface area contributed by atoms with Crippen molar-refractivity contribution < 1.29 is 13.2 Å². The van der Waals surface area contributed by atoms with Crippen LogP contribution in [0.25, 0.3) is 11.1 Å². The summed E-state index contributed by atoms with van der Waals surface area (Å²) in [5, 5.41) is 2.88. The van der Waals surface area contributed by atoms with Crippen molar-refractivity contribution in [2.75, 3.05) is 11.5 Å². The normalized spacial score (nSPS) is 12.8. The van der Waals surface area contributed by atoms with Crippen molar-refractivity contribution in [2.24, 2.45) is 5.92 Å². The van der Waals surface area contributed by atoms with E-state index in [0.717, 1.165) is 16.7 Å². The van der Waals surface area contributed by atoms with Gasteiger partial charge in [-0.1, -0.05) is 68.4 Å². The number of hydrogen-bond acceptors (Lipinski definition) is 3. The van der Waals surface area contributed by atoms with Gasteiger partial charge >= 0.3 is 0 Å². The predicted molar refractivity (Wildman–Crippen MR) is 107 cm³/mol. The molecular formula is C21H27NO3S. The van der Waals surface area contributed by atoms with Gasteiger partial charge in [0.1, 0.15) is 0 Å². The Labute approximate surface area is 156 Å². The average molecular weight is 374 g/mol. The Balaban J connectivity index is 1.91. The lowest BCUT2D eigenvalue weighted by Crippen LogP contribution is -2.29. The van der Waals surface area contributed by atoms with Crippen LogP contribution in [0.3, 0.4) is 0 Å². The Morgan fingerprint density at radius 3 is 2.08 bits per heavy atom. The molecule has 1 amide bonds. The summed E-state index contributed by atoms with van der Waals surface area (Å²) in [6, 6.07) is 18.0. The highest BCUT2D eigenvalue weighted by Gasteiger charge is 2.17. The molecule has 0 spiro atoms. The van der Waals surface area contributed by atoms with Gasteiger partial charge in [-0.3, -0.25) is 4.79 Å². The third-order valence-electron chi connectivity index (χ3n) is 4.12. The highest BCUT2D eigenvalue weighted by atomic mass is 32.2. The molecule has 0 aromatic heterocycles. The van der Waals surface area contributed by atoms with Crippen LogP contribution in [0.5, 0.6) is 0 Å². The van der Waals surface area contributed by atoms with E-state index in [-0.39, 0.29) is 35.8 Å². The van der Waals surface area contributed by atoms with Gasteiger partial charge in [-0.15, -0.1) is 0 Å². The molecule has 2 rings (SSSR count). The van der Waals surface area contributed by atoms with E-state index in [0.29, 0.717) is 0 Å². The number of benzene rings is 2. The smallest absolute Gasteiger partial charge is 0.221 e. The summed E-state index contributed by atoms with van der Waals surface area (Å²) in [5.74, 6) is -0.143. The van der Waals surface area contributed by atoms with Crippen molar-refractivity contribution in [3.63, 3.8) is 0 Å². The first-order valence-electron chi connectivity index (χ1n) is 8.92. The van der Waals surface area contributed by atoms with Gasteiger partial charge in [0.25, 0.3) is 0 Å². The van der Waals surface area contributed by atoms with Crippen LogP contribution in [-0.2, 0) is 14.6 Å². The quantitative estimate of drug-likeness (QED) is 0.761. The van der Waals surface area contributed by atoms with E-state index in [1.165, 1.54) is 0 Å². The Bertz CT molecular complexity index is 812. The standard InChI is InChI=1S/C21H27NO3S/c1-16(2)15-26(24,25)14-13-21(23)22-17(3)18-9-11-20(12-10-18)19-7-5-4-6-8-19/h4-12,16-17H,13-15H2,1-3H3,(H,22,23). The fourth-order valence-corrected chi connectivity index (χ4v) is 4.51. The lowest BCUT2D eigenvalue weighted by molar-refractivity contribution is -0.121. The van der Waals surface area contributed by atoms with Crippen LogP contribution >= 0.6 is 0 Å². The van der Waals surface area contributed by atoms with Crippen molar-refractivity contribution in [2.45, 2.75) is 33.2 Å². The molecule has 1 unspecified atom stereocenters. The fraction of sp³-hybridized carbons (Fsp3) is 0.381. The van der Waals surface area contributed by atoms with Crippen molar-refractivity contribution in [1.29, 1.82) is 0 Å². The summed E-state index contributed by atoms with van der Waals surface area (Å²) in [6.07, 6.45) is 0.00148. The molecule has 4 nitrogen and oxygen atoms in total. The molecule has 140 valence electrons. The maximum atomic E-state index is 12.1. The van der Waals surface area contributed by atoms with E-state index in [1.807, 2.05) is 63.2 Å². The Hall–Kier alpha value is -2.14. The summed E-state index contributed by atoms with van der Waals surface area (Å²) >= 11 is 0. The van der Waals surface area contributed by atoms with E-state index >= 15 is 0 Å². The molecule has 1 N–H and O–H groups in total. The molecule has 0 saturated heterocycles. The van der Waals surface area contributed by atoms with E-state index in [4.69, 9.17) is 0 Å². The fourth-order valence-electron chi connectivity index (χ4n) is 2.83. The molecule has 0 aliphatic rings. The van der Waals surface area contributed by atoms with Gasteiger partial charge in [0.15, 0.2) is 9.84 Å². The average Bonchev–Trinajstić information content (AvgIpc) is 2.60. The van der Waals surface area contributed by atoms with Crippen LogP contribution in [0.15, 0.2) is 54.6 Å². The van der Waals surface area contributed by atoms with Gasteiger partial charge in [-0.25, -0.2) is 8.42 Å². The minimum absolute atomic E-state index is 0.00148. The molecule has 1 atom stereocenters. The van der Waals surface area contributed by atoms with Crippen molar-refractivity contribution in [1.82, 2.24) is 5.32 Å².